The van der Waals surface area contributed by atoms with Gasteiger partial charge in [-0.3, -0.25) is 4.79 Å². The third kappa shape index (κ3) is 3.91. The monoisotopic (exact) mass is 323 g/mol. The summed E-state index contributed by atoms with van der Waals surface area (Å²) >= 11 is 11.5. The second-order valence-corrected chi connectivity index (χ2v) is 5.57. The van der Waals surface area contributed by atoms with E-state index in [1.807, 2.05) is 7.05 Å². The molecule has 0 aliphatic rings. The number of carbonyl (C=O) groups excluding carboxylic acids is 1. The van der Waals surface area contributed by atoms with Crippen LogP contribution in [-0.4, -0.2) is 63.2 Å². The molecule has 0 N–H and O–H groups in total. The number of likely N-dealkylation sites (N-methyl/N-ethyl adjacent to an activating group) is 1. The molecule has 0 aliphatic carbocycles. The quantitative estimate of drug-likeness (QED) is 0.238. The van der Waals surface area contributed by atoms with Crippen molar-refractivity contribution in [2.24, 2.45) is 7.05 Å². The number of aromatic nitrogens is 2. The van der Waals surface area contributed by atoms with Gasteiger partial charge in [-0.2, -0.15) is 0 Å². The van der Waals surface area contributed by atoms with Crippen LogP contribution < -0.4 is 0 Å². The smallest absolute Gasteiger partial charge is 0.358 e. The van der Waals surface area contributed by atoms with Crippen LogP contribution in [0.1, 0.15) is 10.5 Å². The second kappa shape index (κ2) is 7.01. The van der Waals surface area contributed by atoms with E-state index >= 15 is 0 Å². The molecule has 0 aromatic carbocycles. The van der Waals surface area contributed by atoms with Gasteiger partial charge in [-0.1, -0.05) is 0 Å². The number of aryl methyl sites for hydroxylation is 1. The molecule has 0 bridgehead atoms. The Morgan fingerprint density at radius 2 is 2.00 bits per heavy atom. The largest absolute Gasteiger partial charge is 0.393 e. The van der Waals surface area contributed by atoms with Crippen molar-refractivity contribution in [3.8, 4) is 0 Å². The first-order chi connectivity index (χ1) is 9.34. The number of hydrogen-bond donors (Lipinski definition) is 0. The van der Waals surface area contributed by atoms with E-state index in [1.54, 1.807) is 7.05 Å². The Labute approximate surface area is 126 Å². The fourth-order valence-corrected chi connectivity index (χ4v) is 2.79. The maximum Gasteiger partial charge on any atom is 0.393 e. The van der Waals surface area contributed by atoms with E-state index in [2.05, 4.69) is 4.98 Å². The highest BCUT2D eigenvalue weighted by Crippen LogP contribution is 2.17. The van der Waals surface area contributed by atoms with Crippen LogP contribution >= 0.6 is 23.2 Å². The van der Waals surface area contributed by atoms with E-state index in [-0.39, 0.29) is 18.0 Å². The number of Topliss-reactive ketones (excluding diaryl/α,β-unsaturated/α-hetero) is 1. The lowest BCUT2D eigenvalue weighted by Crippen LogP contribution is -2.50. The SMILES string of the molecule is Cn1cnc([N+](=O)[O-])c1C(=O)C[N+](C)(CCCl)CCCl. The molecule has 9 heteroatoms. The molecule has 1 aromatic rings. The number of nitro groups is 1. The average molecular weight is 324 g/mol. The van der Waals surface area contributed by atoms with Gasteiger partial charge in [-0.25, -0.2) is 0 Å². The third-order valence-electron chi connectivity index (χ3n) is 3.13. The maximum absolute atomic E-state index is 12.4. The fourth-order valence-electron chi connectivity index (χ4n) is 1.97. The summed E-state index contributed by atoms with van der Waals surface area (Å²) in [5.41, 5.74) is 0.00324. The minimum absolute atomic E-state index is 0.00324. The van der Waals surface area contributed by atoms with Gasteiger partial charge < -0.3 is 19.2 Å². The van der Waals surface area contributed by atoms with E-state index in [0.29, 0.717) is 29.3 Å². The summed E-state index contributed by atoms with van der Waals surface area (Å²) in [6.45, 7) is 1.22. The van der Waals surface area contributed by atoms with Crippen molar-refractivity contribution < 1.29 is 14.2 Å². The van der Waals surface area contributed by atoms with E-state index in [4.69, 9.17) is 23.2 Å². The first kappa shape index (κ1) is 16.9. The Balaban J connectivity index is 3.00. The maximum atomic E-state index is 12.4. The van der Waals surface area contributed by atoms with E-state index in [0.717, 1.165) is 0 Å². The zero-order valence-electron chi connectivity index (χ0n) is 11.4. The Hall–Kier alpha value is -1.18. The molecule has 0 amide bonds. The predicted octanol–water partition coefficient (Wildman–Crippen LogP) is 1.44. The molecule has 7 nitrogen and oxygen atoms in total. The molecule has 20 heavy (non-hydrogen) atoms. The lowest BCUT2D eigenvalue weighted by molar-refractivity contribution is -0.896. The van der Waals surface area contributed by atoms with Crippen molar-refractivity contribution in [3.05, 3.63) is 22.1 Å². The lowest BCUT2D eigenvalue weighted by Gasteiger charge is -2.32. The summed E-state index contributed by atoms with van der Waals surface area (Å²) in [5, 5.41) is 10.9. The Kier molecular flexibility index (Phi) is 5.91. The van der Waals surface area contributed by atoms with Gasteiger partial charge in [0.1, 0.15) is 6.54 Å². The Morgan fingerprint density at radius 3 is 2.45 bits per heavy atom. The highest BCUT2D eigenvalue weighted by atomic mass is 35.5. The van der Waals surface area contributed by atoms with Crippen LogP contribution in [0.5, 0.6) is 0 Å². The summed E-state index contributed by atoms with van der Waals surface area (Å²) in [7, 11) is 3.41. The van der Waals surface area contributed by atoms with Crippen LogP contribution in [0, 0.1) is 10.1 Å². The minimum Gasteiger partial charge on any atom is -0.358 e. The summed E-state index contributed by atoms with van der Waals surface area (Å²) < 4.78 is 1.71. The first-order valence-corrected chi connectivity index (χ1v) is 7.06. The first-order valence-electron chi connectivity index (χ1n) is 5.99. The number of halogens is 2. The molecule has 0 saturated heterocycles. The highest BCUT2D eigenvalue weighted by Gasteiger charge is 2.32. The van der Waals surface area contributed by atoms with Crippen molar-refractivity contribution in [2.45, 2.75) is 0 Å². The van der Waals surface area contributed by atoms with Crippen molar-refractivity contribution in [3.63, 3.8) is 0 Å². The summed E-state index contributed by atoms with van der Waals surface area (Å²) in [6.07, 6.45) is 1.26. The topological polar surface area (TPSA) is 78.0 Å². The van der Waals surface area contributed by atoms with Gasteiger partial charge in [-0.15, -0.1) is 23.2 Å². The molecule has 1 heterocycles. The number of carbonyl (C=O) groups is 1. The van der Waals surface area contributed by atoms with Gasteiger partial charge in [0.25, 0.3) is 0 Å². The van der Waals surface area contributed by atoms with Crippen LogP contribution in [0.15, 0.2) is 6.33 Å². The van der Waals surface area contributed by atoms with E-state index in [1.165, 1.54) is 10.9 Å². The fraction of sp³-hybridized carbons (Fsp3) is 0.636. The predicted molar refractivity (Wildman–Crippen MR) is 76.4 cm³/mol. The van der Waals surface area contributed by atoms with Gasteiger partial charge in [0.05, 0.1) is 31.9 Å². The highest BCUT2D eigenvalue weighted by molar-refractivity contribution is 6.18. The van der Waals surface area contributed by atoms with Crippen LogP contribution in [0.2, 0.25) is 0 Å². The third-order valence-corrected chi connectivity index (χ3v) is 3.47. The van der Waals surface area contributed by atoms with E-state index in [9.17, 15) is 14.9 Å². The number of ketones is 1. The number of quaternary nitrogens is 1. The number of alkyl halides is 2. The molecule has 0 unspecified atom stereocenters. The number of hydrogen-bond acceptors (Lipinski definition) is 4. The summed E-state index contributed by atoms with van der Waals surface area (Å²) in [5.74, 6) is 0.0118. The van der Waals surface area contributed by atoms with Gasteiger partial charge >= 0.3 is 5.82 Å². The molecule has 0 radical (unpaired) electrons. The zero-order chi connectivity index (χ0) is 15.3. The molecule has 1 aromatic heterocycles. The van der Waals surface area contributed by atoms with Crippen LogP contribution in [0.3, 0.4) is 0 Å². The minimum atomic E-state index is -0.652. The summed E-state index contributed by atoms with van der Waals surface area (Å²) in [4.78, 5) is 26.2. The van der Waals surface area contributed by atoms with Gasteiger partial charge in [0.15, 0.2) is 5.69 Å². The average Bonchev–Trinajstić information content (AvgIpc) is 2.71. The van der Waals surface area contributed by atoms with Crippen molar-refractivity contribution in [1.82, 2.24) is 9.55 Å². The molecule has 1 rings (SSSR count). The summed E-state index contributed by atoms with van der Waals surface area (Å²) in [6, 6.07) is 0. The number of rotatable bonds is 8. The standard InChI is InChI=1S/C11H17Cl2N4O3/c1-15-8-14-11(16(19)20)10(15)9(18)7-17(2,5-3-12)6-4-13/h8H,3-7H2,1-2H3/q+1. The molecule has 0 fully saturated rings. The van der Waals surface area contributed by atoms with Crippen LogP contribution in [0.4, 0.5) is 5.82 Å². The van der Waals surface area contributed by atoms with Crippen LogP contribution in [-0.2, 0) is 7.05 Å². The Morgan fingerprint density at radius 1 is 1.45 bits per heavy atom. The Bertz CT molecular complexity index is 498. The molecule has 0 atom stereocenters. The molecule has 112 valence electrons. The number of nitrogens with zero attached hydrogens (tertiary/aromatic N) is 4. The van der Waals surface area contributed by atoms with Crippen molar-refractivity contribution in [2.75, 3.05) is 38.4 Å². The molecular formula is C11H17Cl2N4O3+. The number of imidazole rings is 1. The van der Waals surface area contributed by atoms with E-state index < -0.39 is 10.7 Å². The molecular weight excluding hydrogens is 307 g/mol. The second-order valence-electron chi connectivity index (χ2n) is 4.81. The molecule has 0 saturated carbocycles. The van der Waals surface area contributed by atoms with Crippen LogP contribution in [0.25, 0.3) is 0 Å². The lowest BCUT2D eigenvalue weighted by atomic mass is 10.2. The molecule has 0 spiro atoms. The van der Waals surface area contributed by atoms with Gasteiger partial charge in [-0.05, 0) is 9.91 Å². The molecule has 0 aliphatic heterocycles. The van der Waals surface area contributed by atoms with Gasteiger partial charge in [0.2, 0.25) is 12.1 Å². The zero-order valence-corrected chi connectivity index (χ0v) is 12.9. The van der Waals surface area contributed by atoms with Crippen molar-refractivity contribution >= 4 is 34.8 Å². The normalized spacial score (nSPS) is 11.6. The van der Waals surface area contributed by atoms with Gasteiger partial charge in [0, 0.05) is 7.05 Å². The van der Waals surface area contributed by atoms with Crippen molar-refractivity contribution in [1.29, 1.82) is 0 Å².